The van der Waals surface area contributed by atoms with Crippen molar-refractivity contribution in [3.63, 3.8) is 0 Å². The largest absolute Gasteiger partial charge is 0.440 e. The van der Waals surface area contributed by atoms with E-state index < -0.39 is 0 Å². The minimum atomic E-state index is 0.246. The Labute approximate surface area is 136 Å². The molecule has 1 aromatic heterocycles. The Balaban J connectivity index is 1.47. The molecule has 122 valence electrons. The summed E-state index contributed by atoms with van der Waals surface area (Å²) in [5, 5.41) is 0. The van der Waals surface area contributed by atoms with E-state index in [1.807, 2.05) is 17.0 Å². The van der Waals surface area contributed by atoms with Crippen molar-refractivity contribution < 1.29 is 9.21 Å². The molecule has 1 saturated carbocycles. The average molecular weight is 312 g/mol. The predicted octanol–water partition coefficient (Wildman–Crippen LogP) is 4.03. The highest BCUT2D eigenvalue weighted by Gasteiger charge is 2.34. The molecule has 4 rings (SSSR count). The SMILES string of the molecule is Cc1ccc2oc([C@H]3CCN(C(=O)C4CCCCC4)C3)nc2c1. The zero-order valence-corrected chi connectivity index (χ0v) is 13.8. The van der Waals surface area contributed by atoms with Crippen LogP contribution in [0.25, 0.3) is 11.1 Å². The van der Waals surface area contributed by atoms with Crippen LogP contribution in [-0.2, 0) is 4.79 Å². The van der Waals surface area contributed by atoms with Gasteiger partial charge in [-0.3, -0.25) is 4.79 Å². The van der Waals surface area contributed by atoms with Gasteiger partial charge in [-0.15, -0.1) is 0 Å². The summed E-state index contributed by atoms with van der Waals surface area (Å²) in [4.78, 5) is 19.4. The maximum Gasteiger partial charge on any atom is 0.225 e. The molecule has 1 aliphatic heterocycles. The van der Waals surface area contributed by atoms with E-state index in [0.29, 0.717) is 5.91 Å². The minimum absolute atomic E-state index is 0.246. The van der Waals surface area contributed by atoms with E-state index in [1.165, 1.54) is 24.8 Å². The summed E-state index contributed by atoms with van der Waals surface area (Å²) < 4.78 is 5.93. The molecule has 1 amide bonds. The van der Waals surface area contributed by atoms with Gasteiger partial charge in [0.15, 0.2) is 11.5 Å². The van der Waals surface area contributed by atoms with Crippen LogP contribution in [0.5, 0.6) is 0 Å². The van der Waals surface area contributed by atoms with Gasteiger partial charge in [0.05, 0.1) is 5.92 Å². The van der Waals surface area contributed by atoms with E-state index in [4.69, 9.17) is 4.42 Å². The number of fused-ring (bicyclic) bond motifs is 1. The fraction of sp³-hybridized carbons (Fsp3) is 0.579. The maximum absolute atomic E-state index is 12.7. The van der Waals surface area contributed by atoms with Gasteiger partial charge in [-0.25, -0.2) is 4.98 Å². The monoisotopic (exact) mass is 312 g/mol. The number of carbonyl (C=O) groups excluding carboxylic acids is 1. The quantitative estimate of drug-likeness (QED) is 0.841. The molecule has 4 heteroatoms. The standard InChI is InChI=1S/C19H24N2O2/c1-13-7-8-17-16(11-13)20-18(23-17)15-9-10-21(12-15)19(22)14-5-3-2-4-6-14/h7-8,11,14-15H,2-6,9-10,12H2,1H3/t15-/m0/s1. The molecule has 2 aromatic rings. The zero-order valence-electron chi connectivity index (χ0n) is 13.8. The third kappa shape index (κ3) is 2.87. The Hall–Kier alpha value is -1.84. The van der Waals surface area contributed by atoms with E-state index >= 15 is 0 Å². The number of benzene rings is 1. The lowest BCUT2D eigenvalue weighted by atomic mass is 9.88. The van der Waals surface area contributed by atoms with Crippen molar-refractivity contribution in [2.24, 2.45) is 5.92 Å². The number of hydrogen-bond donors (Lipinski definition) is 0. The van der Waals surface area contributed by atoms with E-state index in [-0.39, 0.29) is 11.8 Å². The highest BCUT2D eigenvalue weighted by Crippen LogP contribution is 2.32. The van der Waals surface area contributed by atoms with E-state index in [0.717, 1.165) is 49.3 Å². The molecular weight excluding hydrogens is 288 g/mol. The van der Waals surface area contributed by atoms with Gasteiger partial charge < -0.3 is 9.32 Å². The molecule has 2 heterocycles. The van der Waals surface area contributed by atoms with Crippen molar-refractivity contribution >= 4 is 17.0 Å². The molecule has 0 spiro atoms. The number of carbonyl (C=O) groups is 1. The molecule has 1 aliphatic carbocycles. The van der Waals surface area contributed by atoms with Crippen molar-refractivity contribution in [2.45, 2.75) is 51.4 Å². The normalized spacial score (nSPS) is 22.8. The van der Waals surface area contributed by atoms with Gasteiger partial charge in [0.1, 0.15) is 5.52 Å². The van der Waals surface area contributed by atoms with Gasteiger partial charge in [0, 0.05) is 19.0 Å². The molecule has 1 aromatic carbocycles. The van der Waals surface area contributed by atoms with Crippen LogP contribution in [0.2, 0.25) is 0 Å². The van der Waals surface area contributed by atoms with Gasteiger partial charge in [-0.05, 0) is 43.9 Å². The molecule has 2 aliphatic rings. The van der Waals surface area contributed by atoms with Crippen molar-refractivity contribution in [3.05, 3.63) is 29.7 Å². The molecule has 23 heavy (non-hydrogen) atoms. The van der Waals surface area contributed by atoms with Crippen molar-refractivity contribution in [1.29, 1.82) is 0 Å². The third-order valence-electron chi connectivity index (χ3n) is 5.36. The van der Waals surface area contributed by atoms with Crippen molar-refractivity contribution in [1.82, 2.24) is 9.88 Å². The molecule has 4 nitrogen and oxygen atoms in total. The van der Waals surface area contributed by atoms with Crippen molar-refractivity contribution in [2.75, 3.05) is 13.1 Å². The number of rotatable bonds is 2. The van der Waals surface area contributed by atoms with Gasteiger partial charge in [0.2, 0.25) is 5.91 Å². The lowest BCUT2D eigenvalue weighted by Crippen LogP contribution is -2.35. The van der Waals surface area contributed by atoms with Crippen LogP contribution in [0.3, 0.4) is 0 Å². The number of likely N-dealkylation sites (tertiary alicyclic amines) is 1. The minimum Gasteiger partial charge on any atom is -0.440 e. The molecule has 0 bridgehead atoms. The predicted molar refractivity (Wildman–Crippen MR) is 89.3 cm³/mol. The summed E-state index contributed by atoms with van der Waals surface area (Å²) in [5.41, 5.74) is 2.97. The Morgan fingerprint density at radius 1 is 1.22 bits per heavy atom. The fourth-order valence-corrected chi connectivity index (χ4v) is 4.00. The fourth-order valence-electron chi connectivity index (χ4n) is 4.00. The summed E-state index contributed by atoms with van der Waals surface area (Å²) in [6, 6.07) is 6.09. The summed E-state index contributed by atoms with van der Waals surface area (Å²) in [7, 11) is 0. The smallest absolute Gasteiger partial charge is 0.225 e. The Kier molecular flexibility index (Phi) is 3.83. The van der Waals surface area contributed by atoms with Crippen LogP contribution >= 0.6 is 0 Å². The van der Waals surface area contributed by atoms with Crippen LogP contribution in [-0.4, -0.2) is 28.9 Å². The average Bonchev–Trinajstić information content (AvgIpc) is 3.21. The van der Waals surface area contributed by atoms with Crippen LogP contribution in [0.1, 0.15) is 55.9 Å². The van der Waals surface area contributed by atoms with Crippen LogP contribution in [0.15, 0.2) is 22.6 Å². The van der Waals surface area contributed by atoms with Crippen LogP contribution < -0.4 is 0 Å². The van der Waals surface area contributed by atoms with E-state index in [2.05, 4.69) is 18.0 Å². The van der Waals surface area contributed by atoms with Gasteiger partial charge in [-0.2, -0.15) is 0 Å². The van der Waals surface area contributed by atoms with Gasteiger partial charge >= 0.3 is 0 Å². The number of nitrogens with zero attached hydrogens (tertiary/aromatic N) is 2. The summed E-state index contributed by atoms with van der Waals surface area (Å²) in [6.07, 6.45) is 6.81. The summed E-state index contributed by atoms with van der Waals surface area (Å²) >= 11 is 0. The Bertz CT molecular complexity index is 715. The van der Waals surface area contributed by atoms with Crippen LogP contribution in [0.4, 0.5) is 0 Å². The first-order valence-electron chi connectivity index (χ1n) is 8.86. The van der Waals surface area contributed by atoms with Gasteiger partial charge in [-0.1, -0.05) is 25.3 Å². The highest BCUT2D eigenvalue weighted by atomic mass is 16.3. The second kappa shape index (κ2) is 5.99. The lowest BCUT2D eigenvalue weighted by Gasteiger charge is -2.26. The number of aryl methyl sites for hydroxylation is 1. The maximum atomic E-state index is 12.7. The first kappa shape index (κ1) is 14.7. The first-order chi connectivity index (χ1) is 11.2. The van der Waals surface area contributed by atoms with E-state index in [1.54, 1.807) is 0 Å². The Morgan fingerprint density at radius 2 is 2.04 bits per heavy atom. The summed E-state index contributed by atoms with van der Waals surface area (Å²) in [5.74, 6) is 1.66. The summed E-state index contributed by atoms with van der Waals surface area (Å²) in [6.45, 7) is 3.67. The topological polar surface area (TPSA) is 46.3 Å². The molecule has 0 unspecified atom stereocenters. The zero-order chi connectivity index (χ0) is 15.8. The molecule has 1 saturated heterocycles. The molecular formula is C19H24N2O2. The second-order valence-corrected chi connectivity index (χ2v) is 7.13. The Morgan fingerprint density at radius 3 is 2.87 bits per heavy atom. The van der Waals surface area contributed by atoms with E-state index in [9.17, 15) is 4.79 Å². The highest BCUT2D eigenvalue weighted by molar-refractivity contribution is 5.79. The number of aromatic nitrogens is 1. The number of oxazole rings is 1. The van der Waals surface area contributed by atoms with Crippen LogP contribution in [0, 0.1) is 12.8 Å². The molecule has 0 N–H and O–H groups in total. The molecule has 2 fully saturated rings. The van der Waals surface area contributed by atoms with Gasteiger partial charge in [0.25, 0.3) is 0 Å². The lowest BCUT2D eigenvalue weighted by molar-refractivity contribution is -0.135. The first-order valence-corrected chi connectivity index (χ1v) is 8.86. The number of amides is 1. The van der Waals surface area contributed by atoms with Crippen molar-refractivity contribution in [3.8, 4) is 0 Å². The number of hydrogen-bond acceptors (Lipinski definition) is 3. The molecule has 0 radical (unpaired) electrons. The second-order valence-electron chi connectivity index (χ2n) is 7.13. The molecule has 1 atom stereocenters. The third-order valence-corrected chi connectivity index (χ3v) is 5.36.